The quantitative estimate of drug-likeness (QED) is 0.191. The Morgan fingerprint density at radius 2 is 1.63 bits per heavy atom. The number of benzene rings is 4. The Morgan fingerprint density at radius 3 is 2.35 bits per heavy atom. The molecule has 43 heavy (non-hydrogen) atoms. The number of carbonyl (C=O) groups is 1. The van der Waals surface area contributed by atoms with E-state index < -0.39 is 6.04 Å². The number of nitrogens with one attached hydrogen (secondary N) is 1. The van der Waals surface area contributed by atoms with Gasteiger partial charge in [0.1, 0.15) is 23.7 Å². The molecular weight excluding hydrogens is 538 g/mol. The molecule has 1 aromatic heterocycles. The first-order valence-corrected chi connectivity index (χ1v) is 14.5. The van der Waals surface area contributed by atoms with Crippen molar-refractivity contribution in [3.05, 3.63) is 130 Å². The predicted molar refractivity (Wildman–Crippen MR) is 166 cm³/mol. The van der Waals surface area contributed by atoms with Gasteiger partial charge in [0.25, 0.3) is 5.91 Å². The summed E-state index contributed by atoms with van der Waals surface area (Å²) in [6, 6.07) is 27.3. The first kappa shape index (κ1) is 28.1. The second kappa shape index (κ2) is 11.7. The third-order valence-electron chi connectivity index (χ3n) is 7.85. The number of ether oxygens (including phenoxy) is 2. The van der Waals surface area contributed by atoms with E-state index in [4.69, 9.17) is 9.47 Å². The van der Waals surface area contributed by atoms with Gasteiger partial charge in [0.2, 0.25) is 0 Å². The lowest BCUT2D eigenvalue weighted by Gasteiger charge is -2.27. The highest BCUT2D eigenvalue weighted by Crippen LogP contribution is 2.47. The molecule has 0 saturated heterocycles. The van der Waals surface area contributed by atoms with Crippen molar-refractivity contribution >= 4 is 5.91 Å². The minimum Gasteiger partial charge on any atom is -0.507 e. The number of fused-ring (bicyclic) bond motifs is 1. The second-order valence-corrected chi connectivity index (χ2v) is 11.1. The van der Waals surface area contributed by atoms with Gasteiger partial charge < -0.3 is 19.5 Å². The normalized spacial score (nSPS) is 14.2. The van der Waals surface area contributed by atoms with E-state index in [0.717, 1.165) is 38.9 Å². The summed E-state index contributed by atoms with van der Waals surface area (Å²) in [6.45, 7) is 9.14. The summed E-state index contributed by atoms with van der Waals surface area (Å²) in [6.07, 6.45) is 0. The molecule has 7 heteroatoms. The Labute approximate surface area is 251 Å². The maximum atomic E-state index is 14.0. The summed E-state index contributed by atoms with van der Waals surface area (Å²) in [5.41, 5.74) is 8.27. The number of H-pyrrole nitrogens is 1. The maximum absolute atomic E-state index is 14.0. The molecule has 6 rings (SSSR count). The lowest BCUT2D eigenvalue weighted by Crippen LogP contribution is -2.29. The molecule has 7 nitrogen and oxygen atoms in total. The molecule has 1 amide bonds. The van der Waals surface area contributed by atoms with Crippen LogP contribution >= 0.6 is 0 Å². The number of aromatic amines is 1. The molecule has 1 unspecified atom stereocenters. The minimum atomic E-state index is -0.472. The van der Waals surface area contributed by atoms with E-state index in [0.29, 0.717) is 48.2 Å². The Balaban J connectivity index is 1.46. The van der Waals surface area contributed by atoms with Crippen LogP contribution in [0.5, 0.6) is 17.2 Å². The molecule has 2 heterocycles. The third-order valence-corrected chi connectivity index (χ3v) is 7.85. The van der Waals surface area contributed by atoms with Gasteiger partial charge in [0.15, 0.2) is 11.5 Å². The highest BCUT2D eigenvalue weighted by molar-refractivity contribution is 6.00. The highest BCUT2D eigenvalue weighted by Gasteiger charge is 2.43. The molecular formula is C36H35N3O4. The lowest BCUT2D eigenvalue weighted by atomic mass is 9.92. The van der Waals surface area contributed by atoms with E-state index in [1.165, 1.54) is 0 Å². The summed E-state index contributed by atoms with van der Waals surface area (Å²) in [7, 11) is 0. The van der Waals surface area contributed by atoms with Crippen LogP contribution in [0, 0.1) is 20.8 Å². The van der Waals surface area contributed by atoms with Gasteiger partial charge >= 0.3 is 0 Å². The van der Waals surface area contributed by atoms with Crippen LogP contribution in [0.1, 0.15) is 62.4 Å². The van der Waals surface area contributed by atoms with E-state index >= 15 is 0 Å². The Kier molecular flexibility index (Phi) is 7.63. The zero-order valence-electron chi connectivity index (χ0n) is 24.8. The van der Waals surface area contributed by atoms with Crippen LogP contribution < -0.4 is 9.47 Å². The van der Waals surface area contributed by atoms with Crippen molar-refractivity contribution in [3.63, 3.8) is 0 Å². The number of phenolic OH excluding ortho intramolecular Hbond substituents is 1. The van der Waals surface area contributed by atoms with Crippen LogP contribution in [0.15, 0.2) is 84.9 Å². The summed E-state index contributed by atoms with van der Waals surface area (Å²) < 4.78 is 12.2. The number of phenols is 1. The molecule has 1 aliphatic heterocycles. The molecule has 0 fully saturated rings. The summed E-state index contributed by atoms with van der Waals surface area (Å²) in [4.78, 5) is 15.8. The average Bonchev–Trinajstić information content (AvgIpc) is 3.52. The largest absolute Gasteiger partial charge is 0.507 e. The molecule has 0 aliphatic carbocycles. The molecule has 0 saturated carbocycles. The van der Waals surface area contributed by atoms with Crippen LogP contribution in [-0.4, -0.2) is 32.7 Å². The molecule has 1 atom stereocenters. The summed E-state index contributed by atoms with van der Waals surface area (Å²) in [5.74, 6) is 1.22. The van der Waals surface area contributed by atoms with Gasteiger partial charge in [-0.15, -0.1) is 0 Å². The van der Waals surface area contributed by atoms with Gasteiger partial charge in [-0.05, 0) is 73.7 Å². The molecule has 2 N–H and O–H groups in total. The van der Waals surface area contributed by atoms with Crippen LogP contribution in [0.2, 0.25) is 0 Å². The van der Waals surface area contributed by atoms with Crippen LogP contribution in [0.3, 0.4) is 0 Å². The first-order valence-electron chi connectivity index (χ1n) is 14.5. The van der Waals surface area contributed by atoms with Crippen molar-refractivity contribution in [2.75, 3.05) is 6.61 Å². The number of hydrogen-bond donors (Lipinski definition) is 2. The number of carbonyl (C=O) groups excluding carboxylic acids is 1. The monoisotopic (exact) mass is 573 g/mol. The number of aromatic hydroxyl groups is 1. The van der Waals surface area contributed by atoms with E-state index in [2.05, 4.69) is 22.3 Å². The van der Waals surface area contributed by atoms with Gasteiger partial charge in [-0.2, -0.15) is 5.10 Å². The fraction of sp³-hybridized carbons (Fsp3) is 0.222. The van der Waals surface area contributed by atoms with Crippen molar-refractivity contribution in [1.82, 2.24) is 15.1 Å². The standard InChI is InChI=1S/C36H35N3O4/c1-5-42-30-19-27(15-16-29(30)43-21-26-9-7-6-8-10-26)35-32-33(31-24(4)17-23(3)18-28(31)40)37-38-34(32)36(41)39(35)20-25-13-11-22(2)12-14-25/h6-19,35,40H,5,20-21H2,1-4H3,(H,37,38). The van der Waals surface area contributed by atoms with Crippen molar-refractivity contribution < 1.29 is 19.4 Å². The molecule has 1 aliphatic rings. The molecule has 4 aromatic carbocycles. The molecule has 218 valence electrons. The van der Waals surface area contributed by atoms with Gasteiger partial charge in [-0.25, -0.2) is 0 Å². The summed E-state index contributed by atoms with van der Waals surface area (Å²) in [5, 5.41) is 18.6. The Bertz CT molecular complexity index is 1750. The Hall–Kier alpha value is -5.04. The topological polar surface area (TPSA) is 87.7 Å². The highest BCUT2D eigenvalue weighted by atomic mass is 16.5. The number of amides is 1. The van der Waals surface area contributed by atoms with Gasteiger partial charge in [0, 0.05) is 17.7 Å². The zero-order valence-corrected chi connectivity index (χ0v) is 24.8. The van der Waals surface area contributed by atoms with Gasteiger partial charge in [-0.1, -0.05) is 72.3 Å². The fourth-order valence-corrected chi connectivity index (χ4v) is 5.86. The maximum Gasteiger partial charge on any atom is 0.273 e. The zero-order chi connectivity index (χ0) is 30.1. The van der Waals surface area contributed by atoms with Crippen LogP contribution in [0.4, 0.5) is 0 Å². The van der Waals surface area contributed by atoms with Crippen molar-refractivity contribution in [2.45, 2.75) is 46.9 Å². The number of rotatable bonds is 9. The lowest BCUT2D eigenvalue weighted by molar-refractivity contribution is 0.0729. The van der Waals surface area contributed by atoms with Crippen molar-refractivity contribution in [3.8, 4) is 28.5 Å². The SMILES string of the molecule is CCOc1cc(C2c3c(-c4c(C)cc(C)cc4O)n[nH]c3C(=O)N2Cc2ccc(C)cc2)ccc1OCc1ccccc1. The van der Waals surface area contributed by atoms with Crippen molar-refractivity contribution in [2.24, 2.45) is 0 Å². The van der Waals surface area contributed by atoms with E-state index in [1.807, 2.05) is 99.3 Å². The number of nitrogens with zero attached hydrogens (tertiary/aromatic N) is 2. The number of hydrogen-bond acceptors (Lipinski definition) is 5. The molecule has 0 bridgehead atoms. The van der Waals surface area contributed by atoms with E-state index in [-0.39, 0.29) is 11.7 Å². The van der Waals surface area contributed by atoms with Gasteiger partial charge in [0.05, 0.1) is 12.6 Å². The van der Waals surface area contributed by atoms with E-state index in [1.54, 1.807) is 6.07 Å². The minimum absolute atomic E-state index is 0.134. The Morgan fingerprint density at radius 1 is 0.860 bits per heavy atom. The molecule has 0 spiro atoms. The molecule has 0 radical (unpaired) electrons. The van der Waals surface area contributed by atoms with Crippen LogP contribution in [-0.2, 0) is 13.2 Å². The predicted octanol–water partition coefficient (Wildman–Crippen LogP) is 7.43. The third kappa shape index (κ3) is 5.46. The smallest absolute Gasteiger partial charge is 0.273 e. The van der Waals surface area contributed by atoms with Crippen molar-refractivity contribution in [1.29, 1.82) is 0 Å². The fourth-order valence-electron chi connectivity index (χ4n) is 5.86. The summed E-state index contributed by atoms with van der Waals surface area (Å²) >= 11 is 0. The average molecular weight is 574 g/mol. The first-order chi connectivity index (χ1) is 20.8. The van der Waals surface area contributed by atoms with E-state index in [9.17, 15) is 9.90 Å². The number of aryl methyl sites for hydroxylation is 3. The van der Waals surface area contributed by atoms with Crippen LogP contribution in [0.25, 0.3) is 11.3 Å². The van der Waals surface area contributed by atoms with Gasteiger partial charge in [-0.3, -0.25) is 9.89 Å². The molecule has 5 aromatic rings. The number of aromatic nitrogens is 2. The second-order valence-electron chi connectivity index (χ2n) is 11.1.